The summed E-state index contributed by atoms with van der Waals surface area (Å²) in [6, 6.07) is 0. The van der Waals surface area contributed by atoms with Gasteiger partial charge < -0.3 is 14.9 Å². The summed E-state index contributed by atoms with van der Waals surface area (Å²) in [6.07, 6.45) is 2.80. The van der Waals surface area contributed by atoms with Gasteiger partial charge in [0.25, 0.3) is 0 Å². The van der Waals surface area contributed by atoms with Crippen LogP contribution in [0.15, 0.2) is 0 Å². The minimum Gasteiger partial charge on any atom is -0.394 e. The van der Waals surface area contributed by atoms with Gasteiger partial charge in [0, 0.05) is 23.4 Å². The van der Waals surface area contributed by atoms with Gasteiger partial charge in [0.05, 0.1) is 18.3 Å². The van der Waals surface area contributed by atoms with Gasteiger partial charge in [0.1, 0.15) is 0 Å². The zero-order valence-corrected chi connectivity index (χ0v) is 11.1. The Labute approximate surface area is 105 Å². The van der Waals surface area contributed by atoms with Gasteiger partial charge in [0.15, 0.2) is 0 Å². The zero-order valence-electron chi connectivity index (χ0n) is 9.43. The molecule has 2 aliphatic heterocycles. The van der Waals surface area contributed by atoms with E-state index in [2.05, 4.69) is 0 Å². The topological polar surface area (TPSA) is 49.7 Å². The van der Waals surface area contributed by atoms with E-state index in [0.29, 0.717) is 11.0 Å². The summed E-state index contributed by atoms with van der Waals surface area (Å²) in [6.45, 7) is 0.727. The van der Waals surface area contributed by atoms with Crippen LogP contribution < -0.4 is 0 Å². The molecule has 2 heterocycles. The molecule has 3 atom stereocenters. The fourth-order valence-electron chi connectivity index (χ4n) is 2.29. The Morgan fingerprint density at radius 2 is 2.44 bits per heavy atom. The number of hydrogen-bond acceptors (Lipinski definition) is 5. The molecule has 5 heteroatoms. The fraction of sp³-hybridized carbons (Fsp3) is 1.00. The van der Waals surface area contributed by atoms with Crippen molar-refractivity contribution < 1.29 is 14.9 Å². The molecular weight excluding hydrogens is 244 g/mol. The van der Waals surface area contributed by atoms with Crippen molar-refractivity contribution in [2.24, 2.45) is 0 Å². The van der Waals surface area contributed by atoms with Crippen molar-refractivity contribution in [3.05, 3.63) is 0 Å². The molecule has 3 nitrogen and oxygen atoms in total. The number of aliphatic hydroxyl groups is 2. The summed E-state index contributed by atoms with van der Waals surface area (Å²) in [5.74, 6) is 2.99. The standard InChI is InChI=1S/C11H20O3S2/c12-6-9(13)7-16-10-1-3-14-11(5-10)2-4-15-8-11/h9-10,12-13H,1-8H2. The second-order valence-corrected chi connectivity index (χ2v) is 7.06. The molecule has 0 radical (unpaired) electrons. The minimum atomic E-state index is -0.568. The highest BCUT2D eigenvalue weighted by Gasteiger charge is 2.40. The van der Waals surface area contributed by atoms with Gasteiger partial charge in [-0.1, -0.05) is 0 Å². The van der Waals surface area contributed by atoms with E-state index >= 15 is 0 Å². The van der Waals surface area contributed by atoms with E-state index in [1.165, 1.54) is 12.2 Å². The van der Waals surface area contributed by atoms with Crippen molar-refractivity contribution in [1.82, 2.24) is 0 Å². The Kier molecular flexibility index (Phi) is 4.85. The van der Waals surface area contributed by atoms with Crippen LogP contribution in [-0.2, 0) is 4.74 Å². The Bertz CT molecular complexity index is 219. The average Bonchev–Trinajstić information content (AvgIpc) is 2.74. The molecule has 0 aromatic rings. The highest BCUT2D eigenvalue weighted by atomic mass is 32.2. The summed E-state index contributed by atoms with van der Waals surface area (Å²) in [5, 5.41) is 18.7. The third-order valence-electron chi connectivity index (χ3n) is 3.25. The fourth-order valence-corrected chi connectivity index (χ4v) is 4.95. The Balaban J connectivity index is 1.78. The summed E-state index contributed by atoms with van der Waals surface area (Å²) in [4.78, 5) is 0. The van der Waals surface area contributed by atoms with Crippen LogP contribution in [0, 0.1) is 0 Å². The number of aliphatic hydroxyl groups excluding tert-OH is 2. The van der Waals surface area contributed by atoms with Crippen LogP contribution in [0.25, 0.3) is 0 Å². The van der Waals surface area contributed by atoms with Crippen LogP contribution in [0.1, 0.15) is 19.3 Å². The van der Waals surface area contributed by atoms with Crippen LogP contribution in [0.5, 0.6) is 0 Å². The molecule has 3 unspecified atom stereocenters. The molecule has 0 aromatic heterocycles. The molecule has 2 rings (SSSR count). The van der Waals surface area contributed by atoms with Crippen LogP contribution in [0.4, 0.5) is 0 Å². The first-order valence-electron chi connectivity index (χ1n) is 5.86. The molecule has 2 N–H and O–H groups in total. The highest BCUT2D eigenvalue weighted by Crippen LogP contribution is 2.41. The van der Waals surface area contributed by atoms with E-state index in [-0.39, 0.29) is 12.2 Å². The Hall–Kier alpha value is 0.580. The van der Waals surface area contributed by atoms with Crippen LogP contribution >= 0.6 is 23.5 Å². The van der Waals surface area contributed by atoms with Gasteiger partial charge in [-0.15, -0.1) is 0 Å². The maximum atomic E-state index is 9.34. The maximum absolute atomic E-state index is 9.34. The number of hydrogen-bond donors (Lipinski definition) is 2. The molecular formula is C11H20O3S2. The van der Waals surface area contributed by atoms with Gasteiger partial charge in [-0.2, -0.15) is 23.5 Å². The predicted octanol–water partition coefficient (Wildman–Crippen LogP) is 1.13. The summed E-state index contributed by atoms with van der Waals surface area (Å²) < 4.78 is 5.94. The van der Waals surface area contributed by atoms with Crippen LogP contribution in [-0.4, -0.2) is 57.6 Å². The highest BCUT2D eigenvalue weighted by molar-refractivity contribution is 8.00. The Morgan fingerprint density at radius 3 is 3.12 bits per heavy atom. The molecule has 0 amide bonds. The van der Waals surface area contributed by atoms with Crippen molar-refractivity contribution in [2.45, 2.75) is 36.2 Å². The van der Waals surface area contributed by atoms with Crippen LogP contribution in [0.3, 0.4) is 0 Å². The Morgan fingerprint density at radius 1 is 1.56 bits per heavy atom. The van der Waals surface area contributed by atoms with Crippen molar-refractivity contribution >= 4 is 23.5 Å². The molecule has 1 spiro atoms. The zero-order chi connectivity index (χ0) is 11.4. The quantitative estimate of drug-likeness (QED) is 0.797. The van der Waals surface area contributed by atoms with Gasteiger partial charge in [-0.25, -0.2) is 0 Å². The second kappa shape index (κ2) is 5.96. The number of thioether (sulfide) groups is 2. The van der Waals surface area contributed by atoms with E-state index < -0.39 is 6.10 Å². The van der Waals surface area contributed by atoms with Crippen molar-refractivity contribution in [1.29, 1.82) is 0 Å². The number of rotatable bonds is 4. The molecule has 16 heavy (non-hydrogen) atoms. The first kappa shape index (κ1) is 13.0. The molecule has 0 saturated carbocycles. The number of ether oxygens (including phenoxy) is 1. The molecule has 2 saturated heterocycles. The largest absolute Gasteiger partial charge is 0.394 e. The lowest BCUT2D eigenvalue weighted by Gasteiger charge is -2.37. The lowest BCUT2D eigenvalue weighted by molar-refractivity contribution is -0.0563. The van der Waals surface area contributed by atoms with Crippen molar-refractivity contribution in [3.63, 3.8) is 0 Å². The van der Waals surface area contributed by atoms with E-state index in [9.17, 15) is 5.11 Å². The molecule has 94 valence electrons. The molecule has 2 fully saturated rings. The van der Waals surface area contributed by atoms with Crippen molar-refractivity contribution in [3.8, 4) is 0 Å². The van der Waals surface area contributed by atoms with E-state index in [1.807, 2.05) is 11.8 Å². The van der Waals surface area contributed by atoms with E-state index in [1.54, 1.807) is 11.8 Å². The monoisotopic (exact) mass is 264 g/mol. The minimum absolute atomic E-state index is 0.128. The lowest BCUT2D eigenvalue weighted by atomic mass is 9.93. The molecule has 2 aliphatic rings. The average molecular weight is 264 g/mol. The maximum Gasteiger partial charge on any atom is 0.0861 e. The molecule has 0 aliphatic carbocycles. The third-order valence-corrected chi connectivity index (χ3v) is 5.92. The van der Waals surface area contributed by atoms with Gasteiger partial charge in [0.2, 0.25) is 0 Å². The molecule has 0 aromatic carbocycles. The second-order valence-electron chi connectivity index (χ2n) is 4.62. The predicted molar refractivity (Wildman–Crippen MR) is 69.2 cm³/mol. The first-order chi connectivity index (χ1) is 7.74. The summed E-state index contributed by atoms with van der Waals surface area (Å²) >= 11 is 3.78. The lowest BCUT2D eigenvalue weighted by Crippen LogP contribution is -2.41. The van der Waals surface area contributed by atoms with Crippen molar-refractivity contribution in [2.75, 3.05) is 30.5 Å². The van der Waals surface area contributed by atoms with E-state index in [4.69, 9.17) is 9.84 Å². The first-order valence-corrected chi connectivity index (χ1v) is 8.07. The third kappa shape index (κ3) is 3.29. The van der Waals surface area contributed by atoms with Gasteiger partial charge >= 0.3 is 0 Å². The SMILES string of the molecule is OCC(O)CSC1CCOC2(CCSC2)C1. The normalized spacial score (nSPS) is 36.8. The van der Waals surface area contributed by atoms with Crippen LogP contribution in [0.2, 0.25) is 0 Å². The van der Waals surface area contributed by atoms with Gasteiger partial charge in [-0.05, 0) is 25.0 Å². The van der Waals surface area contributed by atoms with Gasteiger partial charge in [-0.3, -0.25) is 0 Å². The smallest absolute Gasteiger partial charge is 0.0861 e. The molecule has 0 bridgehead atoms. The summed E-state index contributed by atoms with van der Waals surface area (Å²) in [7, 11) is 0. The summed E-state index contributed by atoms with van der Waals surface area (Å²) in [5.41, 5.74) is 0.130. The van der Waals surface area contributed by atoms with E-state index in [0.717, 1.165) is 25.2 Å².